The summed E-state index contributed by atoms with van der Waals surface area (Å²) in [6, 6.07) is 11.7. The summed E-state index contributed by atoms with van der Waals surface area (Å²) in [6.45, 7) is -0.579. The Balaban J connectivity index is 1.48. The Morgan fingerprint density at radius 2 is 1.78 bits per heavy atom. The van der Waals surface area contributed by atoms with Gasteiger partial charge in [-0.25, -0.2) is 0 Å². The Hall–Kier alpha value is -3.36. The minimum atomic E-state index is -2.86. The van der Waals surface area contributed by atoms with Gasteiger partial charge in [-0.2, -0.15) is 8.78 Å². The lowest BCUT2D eigenvalue weighted by atomic mass is 10.1. The topological polar surface area (TPSA) is 96.7 Å². The van der Waals surface area contributed by atoms with Gasteiger partial charge in [-0.05, 0) is 61.6 Å². The molecular weight excluding hydrogens is 418 g/mol. The highest BCUT2D eigenvalue weighted by Gasteiger charge is 2.15. The molecule has 0 spiro atoms. The number of ether oxygens (including phenoxy) is 1. The molecular formula is C23H28F2N4O3. The van der Waals surface area contributed by atoms with Gasteiger partial charge < -0.3 is 26.0 Å². The third-order valence-corrected chi connectivity index (χ3v) is 5.31. The number of carbonyl (C=O) groups is 2. The first kappa shape index (κ1) is 23.3. The molecule has 0 aliphatic carbocycles. The Morgan fingerprint density at radius 1 is 1.06 bits per heavy atom. The van der Waals surface area contributed by atoms with E-state index in [0.717, 1.165) is 37.2 Å². The summed E-state index contributed by atoms with van der Waals surface area (Å²) in [5.74, 6) is -0.697. The normalized spacial score (nSPS) is 13.7. The molecule has 1 aliphatic rings. The van der Waals surface area contributed by atoms with E-state index >= 15 is 0 Å². The lowest BCUT2D eigenvalue weighted by Gasteiger charge is -2.29. The number of halogens is 2. The van der Waals surface area contributed by atoms with E-state index in [4.69, 9.17) is 5.73 Å². The predicted molar refractivity (Wildman–Crippen MR) is 119 cm³/mol. The highest BCUT2D eigenvalue weighted by molar-refractivity contribution is 6.00. The summed E-state index contributed by atoms with van der Waals surface area (Å²) in [5.41, 5.74) is 8.26. The SMILES string of the molecule is NC(=O)c1cc(N2CCCCC2)ccc1NCC(=O)NCCc1ccc(OC(F)F)cc1. The van der Waals surface area contributed by atoms with Crippen LogP contribution in [0.3, 0.4) is 0 Å². The molecule has 1 fully saturated rings. The van der Waals surface area contributed by atoms with Crippen molar-refractivity contribution in [2.24, 2.45) is 5.73 Å². The van der Waals surface area contributed by atoms with Crippen LogP contribution in [0.25, 0.3) is 0 Å². The summed E-state index contributed by atoms with van der Waals surface area (Å²) < 4.78 is 28.7. The molecule has 0 aromatic heterocycles. The first-order valence-corrected chi connectivity index (χ1v) is 10.7. The number of alkyl halides is 2. The quantitative estimate of drug-likeness (QED) is 0.521. The third kappa shape index (κ3) is 6.83. The molecule has 1 aliphatic heterocycles. The van der Waals surface area contributed by atoms with Crippen LogP contribution in [-0.2, 0) is 11.2 Å². The van der Waals surface area contributed by atoms with Gasteiger partial charge >= 0.3 is 6.61 Å². The standard InChI is InChI=1S/C23H28F2N4O3/c24-23(25)32-18-7-4-16(5-8-18)10-11-27-21(30)15-28-20-9-6-17(14-19(20)22(26)31)29-12-2-1-3-13-29/h4-9,14,23,28H,1-3,10-13,15H2,(H2,26,31)(H,27,30). The van der Waals surface area contributed by atoms with Gasteiger partial charge in [-0.15, -0.1) is 0 Å². The minimum absolute atomic E-state index is 0.00942. The van der Waals surface area contributed by atoms with Crippen LogP contribution in [0.15, 0.2) is 42.5 Å². The van der Waals surface area contributed by atoms with Crippen LogP contribution < -0.4 is 26.0 Å². The van der Waals surface area contributed by atoms with E-state index in [1.54, 1.807) is 24.3 Å². The zero-order valence-corrected chi connectivity index (χ0v) is 17.8. The first-order chi connectivity index (χ1) is 15.4. The summed E-state index contributed by atoms with van der Waals surface area (Å²) in [7, 11) is 0. The van der Waals surface area contributed by atoms with Crippen molar-refractivity contribution in [1.82, 2.24) is 5.32 Å². The monoisotopic (exact) mass is 446 g/mol. The summed E-state index contributed by atoms with van der Waals surface area (Å²) >= 11 is 0. The Bertz CT molecular complexity index is 916. The van der Waals surface area contributed by atoms with Crippen molar-refractivity contribution in [2.75, 3.05) is 36.4 Å². The second kappa shape index (κ2) is 11.3. The number of piperidine rings is 1. The Labute approximate surface area is 185 Å². The van der Waals surface area contributed by atoms with Gasteiger partial charge in [-0.3, -0.25) is 9.59 Å². The molecule has 9 heteroatoms. The van der Waals surface area contributed by atoms with E-state index in [1.807, 2.05) is 6.07 Å². The van der Waals surface area contributed by atoms with Gasteiger partial charge in [0.1, 0.15) is 5.75 Å². The number of primary amides is 1. The van der Waals surface area contributed by atoms with Crippen LogP contribution in [0.5, 0.6) is 5.75 Å². The maximum atomic E-state index is 12.2. The number of anilines is 2. The smallest absolute Gasteiger partial charge is 0.387 e. The number of rotatable bonds is 10. The van der Waals surface area contributed by atoms with Gasteiger partial charge in [0.15, 0.2) is 0 Å². The van der Waals surface area contributed by atoms with Crippen LogP contribution in [0.4, 0.5) is 20.2 Å². The lowest BCUT2D eigenvalue weighted by molar-refractivity contribution is -0.119. The number of hydrogen-bond donors (Lipinski definition) is 3. The number of hydrogen-bond acceptors (Lipinski definition) is 5. The van der Waals surface area contributed by atoms with Crippen LogP contribution in [0.1, 0.15) is 35.2 Å². The Morgan fingerprint density at radius 3 is 2.44 bits per heavy atom. The van der Waals surface area contributed by atoms with E-state index in [-0.39, 0.29) is 18.2 Å². The Kier molecular flexibility index (Phi) is 8.24. The lowest BCUT2D eigenvalue weighted by Crippen LogP contribution is -2.32. The zero-order chi connectivity index (χ0) is 22.9. The number of nitrogens with one attached hydrogen (secondary N) is 2. The second-order valence-corrected chi connectivity index (χ2v) is 7.62. The third-order valence-electron chi connectivity index (χ3n) is 5.31. The second-order valence-electron chi connectivity index (χ2n) is 7.62. The molecule has 0 radical (unpaired) electrons. The fraction of sp³-hybridized carbons (Fsp3) is 0.391. The van der Waals surface area contributed by atoms with Crippen molar-refractivity contribution in [1.29, 1.82) is 0 Å². The molecule has 172 valence electrons. The molecule has 3 rings (SSSR count). The van der Waals surface area contributed by atoms with Crippen LogP contribution in [-0.4, -0.2) is 44.6 Å². The summed E-state index contributed by atoms with van der Waals surface area (Å²) in [5, 5.41) is 5.76. The van der Waals surface area contributed by atoms with Crippen molar-refractivity contribution in [2.45, 2.75) is 32.3 Å². The number of carbonyl (C=O) groups excluding carboxylic acids is 2. The maximum absolute atomic E-state index is 12.2. The largest absolute Gasteiger partial charge is 0.435 e. The van der Waals surface area contributed by atoms with Gasteiger partial charge in [0.25, 0.3) is 5.91 Å². The molecule has 32 heavy (non-hydrogen) atoms. The zero-order valence-electron chi connectivity index (χ0n) is 17.8. The van der Waals surface area contributed by atoms with E-state index in [9.17, 15) is 18.4 Å². The molecule has 0 unspecified atom stereocenters. The van der Waals surface area contributed by atoms with Crippen LogP contribution in [0, 0.1) is 0 Å². The highest BCUT2D eigenvalue weighted by atomic mass is 19.3. The molecule has 2 amide bonds. The molecule has 1 saturated heterocycles. The highest BCUT2D eigenvalue weighted by Crippen LogP contribution is 2.25. The van der Waals surface area contributed by atoms with Crippen molar-refractivity contribution >= 4 is 23.2 Å². The molecule has 0 atom stereocenters. The number of benzene rings is 2. The molecule has 7 nitrogen and oxygen atoms in total. The number of nitrogens with two attached hydrogens (primary N) is 1. The van der Waals surface area contributed by atoms with Gasteiger partial charge in [0, 0.05) is 31.0 Å². The van der Waals surface area contributed by atoms with E-state index in [2.05, 4.69) is 20.3 Å². The molecule has 2 aromatic carbocycles. The number of amides is 2. The minimum Gasteiger partial charge on any atom is -0.435 e. The average Bonchev–Trinajstić information content (AvgIpc) is 2.79. The fourth-order valence-corrected chi connectivity index (χ4v) is 3.66. The summed E-state index contributed by atoms with van der Waals surface area (Å²) in [4.78, 5) is 26.3. The van der Waals surface area contributed by atoms with Crippen molar-refractivity contribution in [3.8, 4) is 5.75 Å². The predicted octanol–water partition coefficient (Wildman–Crippen LogP) is 3.15. The molecule has 4 N–H and O–H groups in total. The molecule has 2 aromatic rings. The van der Waals surface area contributed by atoms with Crippen LogP contribution >= 0.6 is 0 Å². The summed E-state index contributed by atoms with van der Waals surface area (Å²) in [6.07, 6.45) is 4.00. The number of nitrogens with zero attached hydrogens (tertiary/aromatic N) is 1. The molecule has 0 saturated carbocycles. The average molecular weight is 446 g/mol. The van der Waals surface area contributed by atoms with E-state index < -0.39 is 12.5 Å². The molecule has 1 heterocycles. The fourth-order valence-electron chi connectivity index (χ4n) is 3.66. The molecule has 0 bridgehead atoms. The van der Waals surface area contributed by atoms with Gasteiger partial charge in [0.05, 0.1) is 12.1 Å². The van der Waals surface area contributed by atoms with Crippen LogP contribution in [0.2, 0.25) is 0 Å². The van der Waals surface area contributed by atoms with Gasteiger partial charge in [-0.1, -0.05) is 12.1 Å². The first-order valence-electron chi connectivity index (χ1n) is 10.7. The van der Waals surface area contributed by atoms with Gasteiger partial charge in [0.2, 0.25) is 5.91 Å². The van der Waals surface area contributed by atoms with Crippen molar-refractivity contribution in [3.63, 3.8) is 0 Å². The van der Waals surface area contributed by atoms with E-state index in [1.165, 1.54) is 18.6 Å². The van der Waals surface area contributed by atoms with Crippen molar-refractivity contribution < 1.29 is 23.1 Å². The van der Waals surface area contributed by atoms with E-state index in [0.29, 0.717) is 24.2 Å². The maximum Gasteiger partial charge on any atom is 0.387 e. The van der Waals surface area contributed by atoms with Crippen molar-refractivity contribution in [3.05, 3.63) is 53.6 Å².